The van der Waals surface area contributed by atoms with Gasteiger partial charge in [-0.25, -0.2) is 0 Å². The molecule has 1 atom stereocenters. The van der Waals surface area contributed by atoms with Crippen LogP contribution in [0.5, 0.6) is 0 Å². The number of nitrogens with one attached hydrogen (secondary N) is 1. The van der Waals surface area contributed by atoms with E-state index >= 15 is 0 Å². The minimum atomic E-state index is -0.0649. The molecular formula is C16H21N3O2. The van der Waals surface area contributed by atoms with Gasteiger partial charge in [-0.2, -0.15) is 5.26 Å². The van der Waals surface area contributed by atoms with Crippen LogP contribution in [0.3, 0.4) is 0 Å². The van der Waals surface area contributed by atoms with Gasteiger partial charge in [-0.05, 0) is 37.6 Å². The Morgan fingerprint density at radius 3 is 3.10 bits per heavy atom. The normalized spacial score (nSPS) is 17.7. The van der Waals surface area contributed by atoms with Crippen LogP contribution in [0.4, 0.5) is 5.69 Å². The molecule has 1 N–H and O–H groups in total. The summed E-state index contributed by atoms with van der Waals surface area (Å²) in [6.45, 7) is 4.81. The second-order valence-corrected chi connectivity index (χ2v) is 5.20. The maximum atomic E-state index is 12.1. The molecule has 2 rings (SSSR count). The van der Waals surface area contributed by atoms with Gasteiger partial charge in [0.05, 0.1) is 24.3 Å². The minimum Gasteiger partial charge on any atom is -0.377 e. The molecule has 1 saturated heterocycles. The van der Waals surface area contributed by atoms with Crippen LogP contribution in [0, 0.1) is 11.3 Å². The van der Waals surface area contributed by atoms with E-state index < -0.39 is 0 Å². The van der Waals surface area contributed by atoms with E-state index in [2.05, 4.69) is 16.3 Å². The van der Waals surface area contributed by atoms with Crippen LogP contribution in [0.1, 0.15) is 25.3 Å². The molecule has 0 spiro atoms. The molecule has 1 aliphatic rings. The lowest BCUT2D eigenvalue weighted by Gasteiger charge is -2.23. The van der Waals surface area contributed by atoms with Crippen LogP contribution in [0.25, 0.3) is 0 Å². The van der Waals surface area contributed by atoms with Crippen molar-refractivity contribution in [3.8, 4) is 6.07 Å². The number of nitriles is 1. The fraction of sp³-hybridized carbons (Fsp3) is 0.500. The highest BCUT2D eigenvalue weighted by atomic mass is 16.5. The SMILES string of the molecule is CCN(CC(=O)Nc1cccc(C#N)c1)CC1CCCO1. The summed E-state index contributed by atoms with van der Waals surface area (Å²) in [5, 5.41) is 11.7. The first-order valence-corrected chi connectivity index (χ1v) is 7.35. The van der Waals surface area contributed by atoms with Gasteiger partial charge in [-0.3, -0.25) is 9.69 Å². The largest absolute Gasteiger partial charge is 0.377 e. The van der Waals surface area contributed by atoms with Crippen LogP contribution >= 0.6 is 0 Å². The smallest absolute Gasteiger partial charge is 0.238 e. The summed E-state index contributed by atoms with van der Waals surface area (Å²) in [4.78, 5) is 14.2. The Labute approximate surface area is 125 Å². The van der Waals surface area contributed by atoms with Gasteiger partial charge in [-0.15, -0.1) is 0 Å². The summed E-state index contributed by atoms with van der Waals surface area (Å²) in [5.41, 5.74) is 1.20. The third-order valence-corrected chi connectivity index (χ3v) is 3.58. The average molecular weight is 287 g/mol. The zero-order chi connectivity index (χ0) is 15.1. The number of nitrogens with zero attached hydrogens (tertiary/aromatic N) is 2. The van der Waals surface area contributed by atoms with E-state index in [0.29, 0.717) is 17.8 Å². The van der Waals surface area contributed by atoms with Crippen molar-refractivity contribution in [3.05, 3.63) is 29.8 Å². The number of amides is 1. The summed E-state index contributed by atoms with van der Waals surface area (Å²) in [7, 11) is 0. The zero-order valence-electron chi connectivity index (χ0n) is 12.3. The molecule has 1 amide bonds. The number of anilines is 1. The number of likely N-dealkylation sites (N-methyl/N-ethyl adjacent to an activating group) is 1. The highest BCUT2D eigenvalue weighted by molar-refractivity contribution is 5.92. The molecule has 0 saturated carbocycles. The number of carbonyl (C=O) groups excluding carboxylic acids is 1. The topological polar surface area (TPSA) is 65.4 Å². The monoisotopic (exact) mass is 287 g/mol. The van der Waals surface area contributed by atoms with Crippen molar-refractivity contribution in [2.24, 2.45) is 0 Å². The van der Waals surface area contributed by atoms with Crippen LogP contribution < -0.4 is 5.32 Å². The van der Waals surface area contributed by atoms with Crippen LogP contribution in [-0.4, -0.2) is 43.2 Å². The third-order valence-electron chi connectivity index (χ3n) is 3.58. The summed E-state index contributed by atoms with van der Waals surface area (Å²) < 4.78 is 5.61. The lowest BCUT2D eigenvalue weighted by molar-refractivity contribution is -0.117. The van der Waals surface area contributed by atoms with E-state index in [-0.39, 0.29) is 12.0 Å². The van der Waals surface area contributed by atoms with E-state index in [0.717, 1.165) is 32.5 Å². The van der Waals surface area contributed by atoms with Crippen molar-refractivity contribution in [1.29, 1.82) is 5.26 Å². The number of rotatable bonds is 6. The minimum absolute atomic E-state index is 0.0649. The number of ether oxygens (including phenoxy) is 1. The van der Waals surface area contributed by atoms with Gasteiger partial charge in [0.25, 0.3) is 0 Å². The van der Waals surface area contributed by atoms with Crippen LogP contribution in [-0.2, 0) is 9.53 Å². The van der Waals surface area contributed by atoms with E-state index in [1.165, 1.54) is 0 Å². The van der Waals surface area contributed by atoms with Crippen LogP contribution in [0.2, 0.25) is 0 Å². The number of hydrogen-bond donors (Lipinski definition) is 1. The molecule has 0 aliphatic carbocycles. The highest BCUT2D eigenvalue weighted by Gasteiger charge is 2.19. The fourth-order valence-electron chi connectivity index (χ4n) is 2.45. The number of hydrogen-bond acceptors (Lipinski definition) is 4. The van der Waals surface area contributed by atoms with Crippen molar-refractivity contribution in [2.75, 3.05) is 31.6 Å². The molecule has 5 heteroatoms. The standard InChI is InChI=1S/C16H21N3O2/c1-2-19(11-15-7-4-8-21-15)12-16(20)18-14-6-3-5-13(9-14)10-17/h3,5-6,9,15H,2,4,7-8,11-12H2,1H3,(H,18,20). The quantitative estimate of drug-likeness (QED) is 0.869. The summed E-state index contributed by atoms with van der Waals surface area (Å²) in [6, 6.07) is 9.00. The number of carbonyl (C=O) groups is 1. The number of benzene rings is 1. The van der Waals surface area contributed by atoms with Crippen molar-refractivity contribution >= 4 is 11.6 Å². The molecule has 1 aromatic rings. The Hall–Kier alpha value is -1.90. The molecule has 0 aromatic heterocycles. The van der Waals surface area contributed by atoms with Gasteiger partial charge in [-0.1, -0.05) is 13.0 Å². The first-order chi connectivity index (χ1) is 10.2. The van der Waals surface area contributed by atoms with Gasteiger partial charge in [0.1, 0.15) is 0 Å². The van der Waals surface area contributed by atoms with Crippen molar-refractivity contribution in [3.63, 3.8) is 0 Å². The lowest BCUT2D eigenvalue weighted by atomic mass is 10.2. The molecule has 21 heavy (non-hydrogen) atoms. The third kappa shape index (κ3) is 4.85. The predicted molar refractivity (Wildman–Crippen MR) is 80.9 cm³/mol. The Balaban J connectivity index is 1.85. The molecule has 1 fully saturated rings. The van der Waals surface area contributed by atoms with E-state index in [4.69, 9.17) is 10.00 Å². The maximum Gasteiger partial charge on any atom is 0.238 e. The van der Waals surface area contributed by atoms with Crippen LogP contribution in [0.15, 0.2) is 24.3 Å². The Morgan fingerprint density at radius 1 is 1.57 bits per heavy atom. The molecule has 1 heterocycles. The zero-order valence-corrected chi connectivity index (χ0v) is 12.3. The fourth-order valence-corrected chi connectivity index (χ4v) is 2.45. The van der Waals surface area contributed by atoms with Gasteiger partial charge in [0, 0.05) is 18.8 Å². The molecule has 1 aromatic carbocycles. The Kier molecular flexibility index (Phi) is 5.73. The Bertz CT molecular complexity index is 518. The Morgan fingerprint density at radius 2 is 2.43 bits per heavy atom. The van der Waals surface area contributed by atoms with Gasteiger partial charge < -0.3 is 10.1 Å². The first kappa shape index (κ1) is 15.5. The molecule has 112 valence electrons. The molecule has 0 radical (unpaired) electrons. The first-order valence-electron chi connectivity index (χ1n) is 7.35. The van der Waals surface area contributed by atoms with Gasteiger partial charge in [0.2, 0.25) is 5.91 Å². The average Bonchev–Trinajstić information content (AvgIpc) is 2.99. The highest BCUT2D eigenvalue weighted by Crippen LogP contribution is 2.14. The van der Waals surface area contributed by atoms with Gasteiger partial charge >= 0.3 is 0 Å². The van der Waals surface area contributed by atoms with E-state index in [1.807, 2.05) is 6.92 Å². The van der Waals surface area contributed by atoms with E-state index in [1.54, 1.807) is 24.3 Å². The lowest BCUT2D eigenvalue weighted by Crippen LogP contribution is -2.38. The summed E-state index contributed by atoms with van der Waals surface area (Å²) in [5.74, 6) is -0.0649. The molecule has 1 aliphatic heterocycles. The molecule has 0 bridgehead atoms. The molecule has 5 nitrogen and oxygen atoms in total. The predicted octanol–water partition coefficient (Wildman–Crippen LogP) is 2.00. The maximum absolute atomic E-state index is 12.1. The summed E-state index contributed by atoms with van der Waals surface area (Å²) in [6.07, 6.45) is 2.43. The second kappa shape index (κ2) is 7.77. The molecular weight excluding hydrogens is 266 g/mol. The van der Waals surface area contributed by atoms with Crippen molar-refractivity contribution < 1.29 is 9.53 Å². The molecule has 1 unspecified atom stereocenters. The second-order valence-electron chi connectivity index (χ2n) is 5.20. The van der Waals surface area contributed by atoms with Gasteiger partial charge in [0.15, 0.2) is 0 Å². The van der Waals surface area contributed by atoms with E-state index in [9.17, 15) is 4.79 Å². The van der Waals surface area contributed by atoms with Crippen molar-refractivity contribution in [1.82, 2.24) is 4.90 Å². The van der Waals surface area contributed by atoms with Crippen molar-refractivity contribution in [2.45, 2.75) is 25.9 Å². The summed E-state index contributed by atoms with van der Waals surface area (Å²) >= 11 is 0.